The van der Waals surface area contributed by atoms with Crippen molar-refractivity contribution < 1.29 is 4.79 Å². The second-order valence-corrected chi connectivity index (χ2v) is 4.03. The molecule has 0 atom stereocenters. The summed E-state index contributed by atoms with van der Waals surface area (Å²) in [5.74, 6) is -0.515. The van der Waals surface area contributed by atoms with E-state index in [9.17, 15) is 4.79 Å². The molecule has 3 heteroatoms. The molecule has 19 heavy (non-hydrogen) atoms. The fraction of sp³-hybridized carbons (Fsp3) is 0. The van der Waals surface area contributed by atoms with Crippen molar-refractivity contribution in [2.24, 2.45) is 5.73 Å². The van der Waals surface area contributed by atoms with Crippen LogP contribution in [0.4, 0.5) is 0 Å². The molecule has 0 heterocycles. The summed E-state index contributed by atoms with van der Waals surface area (Å²) in [5.41, 5.74) is 7.84. The van der Waals surface area contributed by atoms with E-state index in [-0.39, 0.29) is 0 Å². The second-order valence-electron chi connectivity index (χ2n) is 4.03. The van der Waals surface area contributed by atoms with Crippen LogP contribution >= 0.6 is 0 Å². The minimum atomic E-state index is -0.515. The van der Waals surface area contributed by atoms with Gasteiger partial charge in [-0.05, 0) is 29.3 Å². The Morgan fingerprint density at radius 1 is 1.11 bits per heavy atom. The Morgan fingerprint density at radius 2 is 1.84 bits per heavy atom. The quantitative estimate of drug-likeness (QED) is 0.670. The van der Waals surface area contributed by atoms with E-state index in [1.807, 2.05) is 36.4 Å². The van der Waals surface area contributed by atoms with Crippen LogP contribution in [0.5, 0.6) is 0 Å². The Bertz CT molecular complexity index is 667. The van der Waals surface area contributed by atoms with Crippen molar-refractivity contribution in [3.05, 3.63) is 71.3 Å². The molecule has 0 aliphatic carbocycles. The van der Waals surface area contributed by atoms with E-state index in [4.69, 9.17) is 11.0 Å². The highest BCUT2D eigenvalue weighted by atomic mass is 16.1. The van der Waals surface area contributed by atoms with Crippen molar-refractivity contribution in [3.8, 4) is 6.07 Å². The summed E-state index contributed by atoms with van der Waals surface area (Å²) in [6.07, 6.45) is 1.72. The second kappa shape index (κ2) is 5.65. The topological polar surface area (TPSA) is 66.9 Å². The summed E-state index contributed by atoms with van der Waals surface area (Å²) in [7, 11) is 0. The van der Waals surface area contributed by atoms with Gasteiger partial charge in [0.1, 0.15) is 0 Å². The van der Waals surface area contributed by atoms with Gasteiger partial charge in [0.15, 0.2) is 0 Å². The number of nitrogens with two attached hydrogens (primary N) is 1. The fourth-order valence-electron chi connectivity index (χ4n) is 1.77. The molecule has 2 aromatic rings. The molecule has 0 radical (unpaired) electrons. The van der Waals surface area contributed by atoms with Gasteiger partial charge in [0.2, 0.25) is 5.91 Å². The van der Waals surface area contributed by atoms with E-state index in [1.54, 1.807) is 30.3 Å². The third-order valence-electron chi connectivity index (χ3n) is 2.68. The van der Waals surface area contributed by atoms with Gasteiger partial charge in [0.25, 0.3) is 0 Å². The molecule has 0 aliphatic heterocycles. The van der Waals surface area contributed by atoms with Gasteiger partial charge in [-0.25, -0.2) is 0 Å². The van der Waals surface area contributed by atoms with Crippen LogP contribution in [0.1, 0.15) is 16.7 Å². The maximum atomic E-state index is 11.6. The van der Waals surface area contributed by atoms with E-state index in [1.165, 1.54) is 0 Å². The molecule has 0 aromatic heterocycles. The Balaban J connectivity index is 2.50. The molecule has 0 saturated heterocycles. The maximum absolute atomic E-state index is 11.6. The largest absolute Gasteiger partial charge is 0.366 e. The number of primary amides is 1. The number of rotatable bonds is 3. The van der Waals surface area contributed by atoms with Gasteiger partial charge in [-0.2, -0.15) is 5.26 Å². The van der Waals surface area contributed by atoms with Crippen LogP contribution in [0.2, 0.25) is 0 Å². The van der Waals surface area contributed by atoms with Crippen LogP contribution in [-0.2, 0) is 4.79 Å². The first-order valence-corrected chi connectivity index (χ1v) is 5.78. The first-order valence-electron chi connectivity index (χ1n) is 5.78. The number of carbonyl (C=O) groups is 1. The number of nitriles is 1. The van der Waals surface area contributed by atoms with Crippen molar-refractivity contribution in [1.82, 2.24) is 0 Å². The number of carbonyl (C=O) groups excluding carboxylic acids is 1. The summed E-state index contributed by atoms with van der Waals surface area (Å²) >= 11 is 0. The lowest BCUT2D eigenvalue weighted by molar-refractivity contribution is -0.112. The van der Waals surface area contributed by atoms with E-state index < -0.39 is 5.91 Å². The van der Waals surface area contributed by atoms with Crippen LogP contribution in [0.3, 0.4) is 0 Å². The number of hydrogen-bond donors (Lipinski definition) is 1. The number of nitrogens with zero attached hydrogens (tertiary/aromatic N) is 1. The highest BCUT2D eigenvalue weighted by Gasteiger charge is 2.08. The third-order valence-corrected chi connectivity index (χ3v) is 2.68. The number of benzene rings is 2. The Morgan fingerprint density at radius 3 is 2.47 bits per heavy atom. The SMILES string of the molecule is N#Cc1cccc(C(=Cc2ccccc2)C(N)=O)c1. The minimum absolute atomic E-state index is 0.392. The first kappa shape index (κ1) is 12.6. The van der Waals surface area contributed by atoms with Crippen LogP contribution in [0.25, 0.3) is 11.6 Å². The smallest absolute Gasteiger partial charge is 0.249 e. The van der Waals surface area contributed by atoms with Crippen molar-refractivity contribution in [1.29, 1.82) is 5.26 Å². The molecule has 0 spiro atoms. The number of amides is 1. The molecule has 2 N–H and O–H groups in total. The highest BCUT2D eigenvalue weighted by molar-refractivity contribution is 6.23. The minimum Gasteiger partial charge on any atom is -0.366 e. The zero-order valence-electron chi connectivity index (χ0n) is 10.2. The maximum Gasteiger partial charge on any atom is 0.249 e. The summed E-state index contributed by atoms with van der Waals surface area (Å²) in [6.45, 7) is 0. The standard InChI is InChI=1S/C16H12N2O/c17-11-13-7-4-8-14(9-13)15(16(18)19)10-12-5-2-1-3-6-12/h1-10H,(H2,18,19). The Kier molecular flexibility index (Phi) is 3.75. The monoisotopic (exact) mass is 248 g/mol. The molecule has 0 fully saturated rings. The lowest BCUT2D eigenvalue weighted by Crippen LogP contribution is -2.12. The van der Waals surface area contributed by atoms with E-state index in [0.29, 0.717) is 16.7 Å². The predicted molar refractivity (Wildman–Crippen MR) is 74.7 cm³/mol. The average Bonchev–Trinajstić information content (AvgIpc) is 2.45. The van der Waals surface area contributed by atoms with Crippen molar-refractivity contribution in [3.63, 3.8) is 0 Å². The Hall–Kier alpha value is -2.86. The van der Waals surface area contributed by atoms with Crippen LogP contribution in [-0.4, -0.2) is 5.91 Å². The van der Waals surface area contributed by atoms with E-state index in [0.717, 1.165) is 5.56 Å². The van der Waals surface area contributed by atoms with Gasteiger partial charge >= 0.3 is 0 Å². The molecular formula is C16H12N2O. The van der Waals surface area contributed by atoms with Gasteiger partial charge in [-0.15, -0.1) is 0 Å². The Labute approximate surface area is 111 Å². The lowest BCUT2D eigenvalue weighted by Gasteiger charge is -2.04. The molecule has 92 valence electrons. The fourth-order valence-corrected chi connectivity index (χ4v) is 1.77. The zero-order chi connectivity index (χ0) is 13.7. The van der Waals surface area contributed by atoms with Crippen molar-refractivity contribution in [2.45, 2.75) is 0 Å². The molecule has 0 saturated carbocycles. The normalized spacial score (nSPS) is 10.8. The molecule has 1 amide bonds. The molecule has 0 unspecified atom stereocenters. The zero-order valence-corrected chi connectivity index (χ0v) is 10.2. The summed E-state index contributed by atoms with van der Waals surface area (Å²) in [4.78, 5) is 11.6. The molecule has 0 bridgehead atoms. The van der Waals surface area contributed by atoms with Gasteiger partial charge in [0, 0.05) is 5.57 Å². The van der Waals surface area contributed by atoms with Gasteiger partial charge < -0.3 is 5.73 Å². The van der Waals surface area contributed by atoms with Gasteiger partial charge in [-0.1, -0.05) is 42.5 Å². The summed E-state index contributed by atoms with van der Waals surface area (Å²) in [6, 6.07) is 18.3. The molecule has 3 nitrogen and oxygen atoms in total. The predicted octanol–water partition coefficient (Wildman–Crippen LogP) is 2.58. The summed E-state index contributed by atoms with van der Waals surface area (Å²) in [5, 5.41) is 8.89. The number of hydrogen-bond acceptors (Lipinski definition) is 2. The highest BCUT2D eigenvalue weighted by Crippen LogP contribution is 2.19. The lowest BCUT2D eigenvalue weighted by atomic mass is 10.0. The molecule has 2 aromatic carbocycles. The van der Waals surface area contributed by atoms with Crippen LogP contribution < -0.4 is 5.73 Å². The van der Waals surface area contributed by atoms with E-state index in [2.05, 4.69) is 0 Å². The van der Waals surface area contributed by atoms with Crippen LogP contribution in [0.15, 0.2) is 54.6 Å². The summed E-state index contributed by atoms with van der Waals surface area (Å²) < 4.78 is 0. The van der Waals surface area contributed by atoms with E-state index >= 15 is 0 Å². The molecule has 2 rings (SSSR count). The molecular weight excluding hydrogens is 236 g/mol. The van der Waals surface area contributed by atoms with Crippen molar-refractivity contribution >= 4 is 17.6 Å². The first-order chi connectivity index (χ1) is 9.20. The van der Waals surface area contributed by atoms with Crippen LogP contribution in [0, 0.1) is 11.3 Å². The van der Waals surface area contributed by atoms with Gasteiger partial charge in [0.05, 0.1) is 11.6 Å². The molecule has 0 aliphatic rings. The third kappa shape index (κ3) is 3.08. The average molecular weight is 248 g/mol. The van der Waals surface area contributed by atoms with Crippen molar-refractivity contribution in [2.75, 3.05) is 0 Å². The van der Waals surface area contributed by atoms with Gasteiger partial charge in [-0.3, -0.25) is 4.79 Å².